The number of carboxylic acid groups (broad SMARTS) is 1. The van der Waals surface area contributed by atoms with Gasteiger partial charge in [-0.1, -0.05) is 0 Å². The van der Waals surface area contributed by atoms with E-state index in [0.717, 1.165) is 12.4 Å². The Kier molecular flexibility index (Phi) is 4.02. The number of sulfone groups is 1. The molecule has 2 heterocycles. The lowest BCUT2D eigenvalue weighted by molar-refractivity contribution is -0.385. The average molecular weight is 316 g/mol. The number of carbonyl (C=O) groups is 1. The van der Waals surface area contributed by atoms with Crippen molar-refractivity contribution in [2.45, 2.75) is 12.5 Å². The molecule has 1 fully saturated rings. The highest BCUT2D eigenvalue weighted by Gasteiger charge is 2.34. The SMILES string of the molecule is O=C(O)CN(c1ncc([N+](=O)[O-])cn1)C1CCS(=O)(=O)C1. The van der Waals surface area contributed by atoms with Gasteiger partial charge in [0.25, 0.3) is 0 Å². The minimum Gasteiger partial charge on any atom is -0.480 e. The molecular weight excluding hydrogens is 304 g/mol. The second-order valence-corrected chi connectivity index (χ2v) is 6.81. The maximum Gasteiger partial charge on any atom is 0.323 e. The maximum absolute atomic E-state index is 11.5. The van der Waals surface area contributed by atoms with Gasteiger partial charge in [0.2, 0.25) is 5.95 Å². The molecule has 1 aliphatic heterocycles. The third-order valence-corrected chi connectivity index (χ3v) is 4.80. The fourth-order valence-electron chi connectivity index (χ4n) is 2.09. The summed E-state index contributed by atoms with van der Waals surface area (Å²) in [5.41, 5.74) is -0.326. The number of nitro groups is 1. The number of hydrogen-bond donors (Lipinski definition) is 1. The number of anilines is 1. The standard InChI is InChI=1S/C10H12N4O6S/c15-9(16)5-13(7-1-2-21(19,20)6-7)10-11-3-8(4-12-10)14(17)18/h3-4,7H,1-2,5-6H2,(H,15,16). The lowest BCUT2D eigenvalue weighted by Gasteiger charge is -2.26. The van der Waals surface area contributed by atoms with E-state index < -0.39 is 33.3 Å². The first kappa shape index (κ1) is 15.1. The molecule has 1 atom stereocenters. The maximum atomic E-state index is 11.5. The molecule has 1 saturated heterocycles. The molecule has 10 nitrogen and oxygen atoms in total. The van der Waals surface area contributed by atoms with Crippen LogP contribution in [0.15, 0.2) is 12.4 Å². The van der Waals surface area contributed by atoms with Crippen LogP contribution in [0.3, 0.4) is 0 Å². The van der Waals surface area contributed by atoms with Crippen LogP contribution < -0.4 is 4.90 Å². The molecule has 1 aromatic heterocycles. The van der Waals surface area contributed by atoms with Crippen LogP contribution in [0.1, 0.15) is 6.42 Å². The predicted molar refractivity (Wildman–Crippen MR) is 70.7 cm³/mol. The van der Waals surface area contributed by atoms with Gasteiger partial charge in [-0.15, -0.1) is 0 Å². The third kappa shape index (κ3) is 3.62. The van der Waals surface area contributed by atoms with E-state index in [9.17, 15) is 23.3 Å². The Balaban J connectivity index is 2.27. The van der Waals surface area contributed by atoms with E-state index in [-0.39, 0.29) is 29.6 Å². The topological polar surface area (TPSA) is 144 Å². The molecule has 0 aromatic carbocycles. The normalized spacial score (nSPS) is 20.1. The molecule has 0 saturated carbocycles. The van der Waals surface area contributed by atoms with Gasteiger partial charge in [0, 0.05) is 6.04 Å². The van der Waals surface area contributed by atoms with Gasteiger partial charge in [-0.2, -0.15) is 0 Å². The van der Waals surface area contributed by atoms with Crippen molar-refractivity contribution in [3.8, 4) is 0 Å². The van der Waals surface area contributed by atoms with Gasteiger partial charge in [0.15, 0.2) is 9.84 Å². The molecule has 114 valence electrons. The monoisotopic (exact) mass is 316 g/mol. The molecule has 1 aromatic rings. The third-order valence-electron chi connectivity index (χ3n) is 3.05. The quantitative estimate of drug-likeness (QED) is 0.559. The van der Waals surface area contributed by atoms with E-state index >= 15 is 0 Å². The zero-order valence-electron chi connectivity index (χ0n) is 10.7. The van der Waals surface area contributed by atoms with Crippen molar-refractivity contribution >= 4 is 27.4 Å². The van der Waals surface area contributed by atoms with Crippen LogP contribution in [0, 0.1) is 10.1 Å². The first-order valence-corrected chi connectivity index (χ1v) is 7.76. The molecule has 0 radical (unpaired) electrons. The first-order chi connectivity index (χ1) is 9.78. The van der Waals surface area contributed by atoms with Crippen LogP contribution in [0.4, 0.5) is 11.6 Å². The lowest BCUT2D eigenvalue weighted by atomic mass is 10.2. The van der Waals surface area contributed by atoms with E-state index in [1.54, 1.807) is 0 Å². The molecular formula is C10H12N4O6S. The van der Waals surface area contributed by atoms with Gasteiger partial charge in [0.05, 0.1) is 16.4 Å². The molecule has 0 aliphatic carbocycles. The summed E-state index contributed by atoms with van der Waals surface area (Å²) in [5, 5.41) is 19.5. The Bertz CT molecular complexity index is 659. The van der Waals surface area contributed by atoms with Crippen molar-refractivity contribution < 1.29 is 23.2 Å². The second kappa shape index (κ2) is 5.60. The van der Waals surface area contributed by atoms with Crippen LogP contribution in [0.2, 0.25) is 0 Å². The number of hydrogen-bond acceptors (Lipinski definition) is 8. The molecule has 21 heavy (non-hydrogen) atoms. The van der Waals surface area contributed by atoms with Gasteiger partial charge in [-0.05, 0) is 6.42 Å². The van der Waals surface area contributed by atoms with E-state index in [2.05, 4.69) is 9.97 Å². The molecule has 2 rings (SSSR count). The van der Waals surface area contributed by atoms with Crippen molar-refractivity contribution in [1.29, 1.82) is 0 Å². The molecule has 0 bridgehead atoms. The summed E-state index contributed by atoms with van der Waals surface area (Å²) < 4.78 is 23.0. The predicted octanol–water partition coefficient (Wildman–Crippen LogP) is -0.537. The average Bonchev–Trinajstić information content (AvgIpc) is 2.76. The summed E-state index contributed by atoms with van der Waals surface area (Å²) in [4.78, 5) is 29.6. The molecule has 0 amide bonds. The van der Waals surface area contributed by atoms with E-state index in [1.807, 2.05) is 0 Å². The Hall–Kier alpha value is -2.30. The van der Waals surface area contributed by atoms with Crippen molar-refractivity contribution in [3.05, 3.63) is 22.5 Å². The fraction of sp³-hybridized carbons (Fsp3) is 0.500. The van der Waals surface area contributed by atoms with Crippen molar-refractivity contribution in [1.82, 2.24) is 9.97 Å². The molecule has 1 N–H and O–H groups in total. The minimum atomic E-state index is -3.20. The lowest BCUT2D eigenvalue weighted by Crippen LogP contribution is -2.41. The van der Waals surface area contributed by atoms with E-state index in [0.29, 0.717) is 0 Å². The van der Waals surface area contributed by atoms with E-state index in [1.165, 1.54) is 4.90 Å². The van der Waals surface area contributed by atoms with E-state index in [4.69, 9.17) is 5.11 Å². The summed E-state index contributed by atoms with van der Waals surface area (Å²) in [7, 11) is -3.20. The van der Waals surface area contributed by atoms with Crippen LogP contribution in [-0.2, 0) is 14.6 Å². The van der Waals surface area contributed by atoms with Crippen molar-refractivity contribution in [2.75, 3.05) is 23.0 Å². The highest BCUT2D eigenvalue weighted by atomic mass is 32.2. The van der Waals surface area contributed by atoms with Gasteiger partial charge < -0.3 is 10.0 Å². The molecule has 1 aliphatic rings. The Morgan fingerprint density at radius 2 is 2.10 bits per heavy atom. The van der Waals surface area contributed by atoms with Crippen molar-refractivity contribution in [2.24, 2.45) is 0 Å². The van der Waals surface area contributed by atoms with Gasteiger partial charge in [-0.25, -0.2) is 18.4 Å². The van der Waals surface area contributed by atoms with Crippen LogP contribution in [0.25, 0.3) is 0 Å². The summed E-state index contributed by atoms with van der Waals surface area (Å²) in [6, 6.07) is -0.549. The van der Waals surface area contributed by atoms with Crippen LogP contribution in [-0.4, -0.2) is 58.5 Å². The number of carboxylic acids is 1. The van der Waals surface area contributed by atoms with Gasteiger partial charge in [-0.3, -0.25) is 14.9 Å². The minimum absolute atomic E-state index is 0.0270. The number of rotatable bonds is 5. The summed E-state index contributed by atoms with van der Waals surface area (Å²) in [5.74, 6) is -1.41. The van der Waals surface area contributed by atoms with Gasteiger partial charge >= 0.3 is 11.7 Å². The molecule has 1 unspecified atom stereocenters. The smallest absolute Gasteiger partial charge is 0.323 e. The highest BCUT2D eigenvalue weighted by molar-refractivity contribution is 7.91. The number of nitrogens with zero attached hydrogens (tertiary/aromatic N) is 4. The number of aliphatic carboxylic acids is 1. The second-order valence-electron chi connectivity index (χ2n) is 4.58. The largest absolute Gasteiger partial charge is 0.480 e. The number of aromatic nitrogens is 2. The highest BCUT2D eigenvalue weighted by Crippen LogP contribution is 2.22. The first-order valence-electron chi connectivity index (χ1n) is 5.94. The summed E-state index contributed by atoms with van der Waals surface area (Å²) in [6.45, 7) is -0.474. The zero-order valence-corrected chi connectivity index (χ0v) is 11.6. The van der Waals surface area contributed by atoms with Crippen molar-refractivity contribution in [3.63, 3.8) is 0 Å². The summed E-state index contributed by atoms with van der Waals surface area (Å²) >= 11 is 0. The Morgan fingerprint density at radius 3 is 2.52 bits per heavy atom. The molecule has 0 spiro atoms. The van der Waals surface area contributed by atoms with Crippen LogP contribution >= 0.6 is 0 Å². The van der Waals surface area contributed by atoms with Crippen LogP contribution in [0.5, 0.6) is 0 Å². The summed E-state index contributed by atoms with van der Waals surface area (Å²) in [6.07, 6.45) is 2.19. The van der Waals surface area contributed by atoms with Gasteiger partial charge in [0.1, 0.15) is 18.9 Å². The molecule has 11 heteroatoms. The Morgan fingerprint density at radius 1 is 1.48 bits per heavy atom. The fourth-order valence-corrected chi connectivity index (χ4v) is 3.82. The Labute approximate surface area is 119 Å². The zero-order chi connectivity index (χ0) is 15.6.